The zero-order valence-corrected chi connectivity index (χ0v) is 7.86. The standard InChI is InChI=1S/C9H15NO3/c1-2-12-9(11)10-5-7-3-4-8(6-10)13-7/h7-8H,2-6H2,1H3. The lowest BCUT2D eigenvalue weighted by Crippen LogP contribution is -2.46. The molecule has 2 aliphatic heterocycles. The highest BCUT2D eigenvalue weighted by atomic mass is 16.6. The lowest BCUT2D eigenvalue weighted by atomic mass is 10.2. The van der Waals surface area contributed by atoms with Gasteiger partial charge in [0.1, 0.15) is 0 Å². The third-order valence-electron chi connectivity index (χ3n) is 2.57. The van der Waals surface area contributed by atoms with E-state index in [9.17, 15) is 4.79 Å². The second-order valence-electron chi connectivity index (χ2n) is 3.56. The molecule has 2 saturated heterocycles. The molecule has 0 aromatic heterocycles. The Morgan fingerprint density at radius 1 is 1.46 bits per heavy atom. The van der Waals surface area contributed by atoms with Crippen LogP contribution in [0.1, 0.15) is 19.8 Å². The first-order valence-corrected chi connectivity index (χ1v) is 4.86. The van der Waals surface area contributed by atoms with Gasteiger partial charge in [-0.1, -0.05) is 0 Å². The molecule has 0 aliphatic carbocycles. The van der Waals surface area contributed by atoms with E-state index in [2.05, 4.69) is 0 Å². The third kappa shape index (κ3) is 1.77. The molecule has 2 bridgehead atoms. The van der Waals surface area contributed by atoms with Gasteiger partial charge in [-0.25, -0.2) is 4.79 Å². The van der Waals surface area contributed by atoms with Gasteiger partial charge < -0.3 is 14.4 Å². The van der Waals surface area contributed by atoms with Crippen molar-refractivity contribution in [3.8, 4) is 0 Å². The Balaban J connectivity index is 1.91. The van der Waals surface area contributed by atoms with Gasteiger partial charge in [-0.3, -0.25) is 0 Å². The number of amides is 1. The van der Waals surface area contributed by atoms with Gasteiger partial charge in [0, 0.05) is 0 Å². The van der Waals surface area contributed by atoms with E-state index in [1.807, 2.05) is 6.92 Å². The number of carbonyl (C=O) groups is 1. The van der Waals surface area contributed by atoms with Crippen molar-refractivity contribution in [2.75, 3.05) is 19.7 Å². The van der Waals surface area contributed by atoms with Crippen LogP contribution in [0.25, 0.3) is 0 Å². The summed E-state index contributed by atoms with van der Waals surface area (Å²) in [5.74, 6) is 0. The highest BCUT2D eigenvalue weighted by Gasteiger charge is 2.36. The number of morpholine rings is 1. The van der Waals surface area contributed by atoms with Crippen molar-refractivity contribution in [3.05, 3.63) is 0 Å². The maximum atomic E-state index is 11.4. The smallest absolute Gasteiger partial charge is 0.409 e. The number of hydrogen-bond acceptors (Lipinski definition) is 3. The van der Waals surface area contributed by atoms with Crippen molar-refractivity contribution in [1.82, 2.24) is 4.90 Å². The Hall–Kier alpha value is -0.770. The van der Waals surface area contributed by atoms with Gasteiger partial charge in [0.2, 0.25) is 0 Å². The largest absolute Gasteiger partial charge is 0.450 e. The summed E-state index contributed by atoms with van der Waals surface area (Å²) in [7, 11) is 0. The topological polar surface area (TPSA) is 38.8 Å². The van der Waals surface area contributed by atoms with Crippen molar-refractivity contribution < 1.29 is 14.3 Å². The van der Waals surface area contributed by atoms with E-state index in [0.29, 0.717) is 19.7 Å². The SMILES string of the molecule is CCOC(=O)N1CC2CCC(C1)O2. The summed E-state index contributed by atoms with van der Waals surface area (Å²) in [4.78, 5) is 13.1. The van der Waals surface area contributed by atoms with Crippen LogP contribution in [0.5, 0.6) is 0 Å². The Bertz CT molecular complexity index is 195. The first kappa shape index (κ1) is 8.81. The number of ether oxygens (including phenoxy) is 2. The fourth-order valence-corrected chi connectivity index (χ4v) is 1.98. The molecule has 0 saturated carbocycles. The van der Waals surface area contributed by atoms with Crippen LogP contribution in [0.2, 0.25) is 0 Å². The minimum atomic E-state index is -0.192. The molecule has 2 rings (SSSR count). The summed E-state index contributed by atoms with van der Waals surface area (Å²) in [5.41, 5.74) is 0. The summed E-state index contributed by atoms with van der Waals surface area (Å²) in [6.07, 6.45) is 2.48. The minimum absolute atomic E-state index is 0.192. The van der Waals surface area contributed by atoms with Crippen molar-refractivity contribution in [2.45, 2.75) is 32.0 Å². The van der Waals surface area contributed by atoms with Gasteiger partial charge in [-0.15, -0.1) is 0 Å². The van der Waals surface area contributed by atoms with Crippen molar-refractivity contribution in [2.24, 2.45) is 0 Å². The third-order valence-corrected chi connectivity index (χ3v) is 2.57. The second-order valence-corrected chi connectivity index (χ2v) is 3.56. The summed E-state index contributed by atoms with van der Waals surface area (Å²) in [6, 6.07) is 0. The van der Waals surface area contributed by atoms with Crippen molar-refractivity contribution in [1.29, 1.82) is 0 Å². The van der Waals surface area contributed by atoms with Crippen molar-refractivity contribution >= 4 is 6.09 Å². The average molecular weight is 185 g/mol. The van der Waals surface area contributed by atoms with E-state index in [-0.39, 0.29) is 18.3 Å². The number of rotatable bonds is 1. The predicted octanol–water partition coefficient (Wildman–Crippen LogP) is 1.01. The zero-order valence-electron chi connectivity index (χ0n) is 7.86. The molecule has 2 heterocycles. The normalized spacial score (nSPS) is 31.9. The molecule has 13 heavy (non-hydrogen) atoms. The van der Waals surface area contributed by atoms with Crippen LogP contribution in [0.15, 0.2) is 0 Å². The lowest BCUT2D eigenvalue weighted by molar-refractivity contribution is -0.0355. The Kier molecular flexibility index (Phi) is 2.40. The van der Waals surface area contributed by atoms with E-state index in [0.717, 1.165) is 12.8 Å². The van der Waals surface area contributed by atoms with Gasteiger partial charge in [0.25, 0.3) is 0 Å². The molecule has 1 amide bonds. The summed E-state index contributed by atoms with van der Waals surface area (Å²) in [6.45, 7) is 3.68. The molecule has 2 unspecified atom stereocenters. The number of hydrogen-bond donors (Lipinski definition) is 0. The number of nitrogens with zero attached hydrogens (tertiary/aromatic N) is 1. The van der Waals surface area contributed by atoms with Gasteiger partial charge in [-0.05, 0) is 19.8 Å². The van der Waals surface area contributed by atoms with Crippen LogP contribution in [-0.2, 0) is 9.47 Å². The van der Waals surface area contributed by atoms with Crippen LogP contribution < -0.4 is 0 Å². The predicted molar refractivity (Wildman–Crippen MR) is 46.5 cm³/mol. The Labute approximate surface area is 77.8 Å². The van der Waals surface area contributed by atoms with Gasteiger partial charge >= 0.3 is 6.09 Å². The number of likely N-dealkylation sites (tertiary alicyclic amines) is 1. The van der Waals surface area contributed by atoms with E-state index in [1.165, 1.54) is 0 Å². The van der Waals surface area contributed by atoms with Gasteiger partial charge in [-0.2, -0.15) is 0 Å². The zero-order chi connectivity index (χ0) is 9.26. The molecule has 2 aliphatic rings. The monoisotopic (exact) mass is 185 g/mol. The minimum Gasteiger partial charge on any atom is -0.450 e. The molecule has 4 nitrogen and oxygen atoms in total. The first-order chi connectivity index (χ1) is 6.29. The molecule has 2 fully saturated rings. The first-order valence-electron chi connectivity index (χ1n) is 4.86. The summed E-state index contributed by atoms with van der Waals surface area (Å²) in [5, 5.41) is 0. The van der Waals surface area contributed by atoms with E-state index < -0.39 is 0 Å². The molecule has 0 aromatic rings. The van der Waals surface area contributed by atoms with Gasteiger partial charge in [0.05, 0.1) is 31.9 Å². The molecule has 4 heteroatoms. The summed E-state index contributed by atoms with van der Waals surface area (Å²) < 4.78 is 10.5. The van der Waals surface area contributed by atoms with Crippen LogP contribution >= 0.6 is 0 Å². The van der Waals surface area contributed by atoms with E-state index in [4.69, 9.17) is 9.47 Å². The lowest BCUT2D eigenvalue weighted by Gasteiger charge is -2.31. The van der Waals surface area contributed by atoms with Crippen LogP contribution in [-0.4, -0.2) is 42.9 Å². The molecular formula is C9H15NO3. The fraction of sp³-hybridized carbons (Fsp3) is 0.889. The van der Waals surface area contributed by atoms with Crippen LogP contribution in [0.4, 0.5) is 4.79 Å². The molecule has 74 valence electrons. The summed E-state index contributed by atoms with van der Waals surface area (Å²) >= 11 is 0. The van der Waals surface area contributed by atoms with Crippen LogP contribution in [0.3, 0.4) is 0 Å². The molecule has 0 aromatic carbocycles. The van der Waals surface area contributed by atoms with E-state index in [1.54, 1.807) is 4.90 Å². The van der Waals surface area contributed by atoms with Gasteiger partial charge in [0.15, 0.2) is 0 Å². The van der Waals surface area contributed by atoms with Crippen LogP contribution in [0, 0.1) is 0 Å². The van der Waals surface area contributed by atoms with E-state index >= 15 is 0 Å². The molecular weight excluding hydrogens is 170 g/mol. The highest BCUT2D eigenvalue weighted by Crippen LogP contribution is 2.26. The average Bonchev–Trinajstić information content (AvgIpc) is 2.46. The highest BCUT2D eigenvalue weighted by molar-refractivity contribution is 5.67. The maximum absolute atomic E-state index is 11.4. The Morgan fingerprint density at radius 3 is 2.62 bits per heavy atom. The molecule has 0 spiro atoms. The van der Waals surface area contributed by atoms with Crippen molar-refractivity contribution in [3.63, 3.8) is 0 Å². The quantitative estimate of drug-likeness (QED) is 0.612. The second kappa shape index (κ2) is 3.54. The molecule has 2 atom stereocenters. The molecule has 0 radical (unpaired) electrons. The maximum Gasteiger partial charge on any atom is 0.409 e. The fourth-order valence-electron chi connectivity index (χ4n) is 1.98. The Morgan fingerprint density at radius 2 is 2.08 bits per heavy atom. The number of fused-ring (bicyclic) bond motifs is 2. The number of carbonyl (C=O) groups excluding carboxylic acids is 1. The molecule has 0 N–H and O–H groups in total.